The molecule has 0 unspecified atom stereocenters. The first-order chi connectivity index (χ1) is 12.7. The Morgan fingerprint density at radius 2 is 2.23 bits per heavy atom. The Kier molecular flexibility index (Phi) is 5.23. The van der Waals surface area contributed by atoms with Crippen molar-refractivity contribution in [3.8, 4) is 0 Å². The fourth-order valence-electron chi connectivity index (χ4n) is 3.25. The molecule has 0 saturated heterocycles. The molecule has 0 bridgehead atoms. The molecule has 2 aromatic heterocycles. The largest absolute Gasteiger partial charge is 0.384 e. The number of amides is 1. The minimum Gasteiger partial charge on any atom is -0.384 e. The number of nitrogens with one attached hydrogen (secondary N) is 2. The first-order valence-corrected chi connectivity index (χ1v) is 10.4. The van der Waals surface area contributed by atoms with Gasteiger partial charge in [0.1, 0.15) is 0 Å². The van der Waals surface area contributed by atoms with Gasteiger partial charge in [-0.25, -0.2) is 0 Å². The zero-order valence-electron chi connectivity index (χ0n) is 14.5. The number of fused-ring (bicyclic) bond motifs is 3. The fourth-order valence-corrected chi connectivity index (χ4v) is 4.97. The number of thioether (sulfide) groups is 1. The van der Waals surface area contributed by atoms with Crippen LogP contribution in [-0.4, -0.2) is 40.6 Å². The number of ether oxygens (including phenoxy) is 1. The third-order valence-electron chi connectivity index (χ3n) is 4.50. The van der Waals surface area contributed by atoms with E-state index < -0.39 is 0 Å². The van der Waals surface area contributed by atoms with Gasteiger partial charge >= 0.3 is 0 Å². The zero-order chi connectivity index (χ0) is 17.9. The van der Waals surface area contributed by atoms with Gasteiger partial charge in [-0.05, 0) is 49.4 Å². The van der Waals surface area contributed by atoms with E-state index in [4.69, 9.17) is 4.74 Å². The van der Waals surface area contributed by atoms with Crippen LogP contribution in [0.15, 0.2) is 22.5 Å². The van der Waals surface area contributed by atoms with Crippen LogP contribution in [0.5, 0.6) is 0 Å². The van der Waals surface area contributed by atoms with E-state index in [0.29, 0.717) is 17.3 Å². The number of carbonyl (C=O) groups excluding carboxylic acids is 1. The molecule has 0 radical (unpaired) electrons. The molecule has 4 rings (SSSR count). The van der Waals surface area contributed by atoms with E-state index in [1.165, 1.54) is 40.8 Å². The van der Waals surface area contributed by atoms with Crippen LogP contribution in [0.1, 0.15) is 34.5 Å². The number of carbonyl (C=O) groups is 1. The maximum absolute atomic E-state index is 12.6. The van der Waals surface area contributed by atoms with E-state index in [1.807, 2.05) is 18.2 Å². The number of nitrogens with zero attached hydrogens (tertiary/aromatic N) is 2. The van der Waals surface area contributed by atoms with Crippen molar-refractivity contribution in [1.82, 2.24) is 15.2 Å². The van der Waals surface area contributed by atoms with Gasteiger partial charge in [0.25, 0.3) is 5.91 Å². The van der Waals surface area contributed by atoms with Crippen LogP contribution < -0.4 is 5.32 Å². The summed E-state index contributed by atoms with van der Waals surface area (Å²) in [5.41, 5.74) is 4.45. The molecule has 1 aliphatic carbocycles. The number of aromatic nitrogens is 3. The van der Waals surface area contributed by atoms with Crippen molar-refractivity contribution >= 4 is 45.0 Å². The summed E-state index contributed by atoms with van der Waals surface area (Å²) in [6, 6.07) is 5.84. The van der Waals surface area contributed by atoms with Crippen LogP contribution in [0.25, 0.3) is 10.9 Å². The number of benzene rings is 1. The summed E-state index contributed by atoms with van der Waals surface area (Å²) in [7, 11) is 1.67. The third kappa shape index (κ3) is 3.62. The summed E-state index contributed by atoms with van der Waals surface area (Å²) in [5.74, 6) is 0.663. The topological polar surface area (TPSA) is 79.9 Å². The number of aromatic amines is 1. The summed E-state index contributed by atoms with van der Waals surface area (Å²) in [6.07, 6.45) is 4.62. The Morgan fingerprint density at radius 1 is 1.35 bits per heavy atom. The van der Waals surface area contributed by atoms with Gasteiger partial charge in [0.2, 0.25) is 5.13 Å². The van der Waals surface area contributed by atoms with Gasteiger partial charge < -0.3 is 9.72 Å². The first kappa shape index (κ1) is 17.5. The Hall–Kier alpha value is -1.90. The lowest BCUT2D eigenvalue weighted by Crippen LogP contribution is -2.11. The molecule has 0 atom stereocenters. The van der Waals surface area contributed by atoms with Crippen molar-refractivity contribution in [2.75, 3.05) is 24.8 Å². The lowest BCUT2D eigenvalue weighted by Gasteiger charge is -2.10. The molecule has 0 fully saturated rings. The fraction of sp³-hybridized carbons (Fsp3) is 0.389. The van der Waals surface area contributed by atoms with Crippen molar-refractivity contribution < 1.29 is 9.53 Å². The molecule has 8 heteroatoms. The summed E-state index contributed by atoms with van der Waals surface area (Å²) < 4.78 is 5.85. The van der Waals surface area contributed by atoms with E-state index in [1.54, 1.807) is 18.9 Å². The molecular weight excluding hydrogens is 368 g/mol. The number of methoxy groups -OCH3 is 1. The predicted octanol–water partition coefficient (Wildman–Crippen LogP) is 3.89. The predicted molar refractivity (Wildman–Crippen MR) is 105 cm³/mol. The van der Waals surface area contributed by atoms with E-state index in [-0.39, 0.29) is 5.91 Å². The molecule has 2 N–H and O–H groups in total. The Labute approximate surface area is 159 Å². The average Bonchev–Trinajstić information content (AvgIpc) is 3.25. The van der Waals surface area contributed by atoms with Gasteiger partial charge in [0, 0.05) is 35.0 Å². The highest BCUT2D eigenvalue weighted by Gasteiger charge is 2.17. The van der Waals surface area contributed by atoms with Crippen molar-refractivity contribution in [2.45, 2.75) is 30.0 Å². The monoisotopic (exact) mass is 388 g/mol. The maximum Gasteiger partial charge on any atom is 0.257 e. The Morgan fingerprint density at radius 3 is 3.12 bits per heavy atom. The van der Waals surface area contributed by atoms with Crippen molar-refractivity contribution in [3.63, 3.8) is 0 Å². The molecule has 2 heterocycles. The lowest BCUT2D eigenvalue weighted by atomic mass is 9.95. The number of aryl methyl sites for hydroxylation is 2. The van der Waals surface area contributed by atoms with E-state index >= 15 is 0 Å². The zero-order valence-corrected chi connectivity index (χ0v) is 16.1. The maximum atomic E-state index is 12.6. The highest BCUT2D eigenvalue weighted by Crippen LogP contribution is 2.30. The molecule has 1 aromatic carbocycles. The molecule has 1 aliphatic rings. The van der Waals surface area contributed by atoms with Crippen LogP contribution in [0.4, 0.5) is 5.13 Å². The van der Waals surface area contributed by atoms with Crippen LogP contribution >= 0.6 is 23.1 Å². The minimum absolute atomic E-state index is 0.151. The molecule has 1 amide bonds. The lowest BCUT2D eigenvalue weighted by molar-refractivity contribution is 0.102. The second-order valence-electron chi connectivity index (χ2n) is 6.22. The van der Waals surface area contributed by atoms with Gasteiger partial charge in [0.15, 0.2) is 4.34 Å². The average molecular weight is 389 g/mol. The van der Waals surface area contributed by atoms with E-state index in [0.717, 1.165) is 28.5 Å². The van der Waals surface area contributed by atoms with Crippen molar-refractivity contribution in [2.24, 2.45) is 0 Å². The van der Waals surface area contributed by atoms with Crippen LogP contribution in [0, 0.1) is 0 Å². The van der Waals surface area contributed by atoms with Gasteiger partial charge in [-0.15, -0.1) is 10.2 Å². The molecule has 136 valence electrons. The van der Waals surface area contributed by atoms with Gasteiger partial charge in [-0.2, -0.15) is 0 Å². The van der Waals surface area contributed by atoms with Crippen LogP contribution in [-0.2, 0) is 17.6 Å². The molecule has 26 heavy (non-hydrogen) atoms. The van der Waals surface area contributed by atoms with E-state index in [9.17, 15) is 4.79 Å². The van der Waals surface area contributed by atoms with Gasteiger partial charge in [-0.1, -0.05) is 23.1 Å². The van der Waals surface area contributed by atoms with Crippen molar-refractivity contribution in [3.05, 3.63) is 35.0 Å². The Balaban J connectivity index is 1.49. The molecule has 0 spiro atoms. The van der Waals surface area contributed by atoms with Crippen LogP contribution in [0.3, 0.4) is 0 Å². The smallest absolute Gasteiger partial charge is 0.257 e. The quantitative estimate of drug-likeness (QED) is 0.380. The third-order valence-corrected chi connectivity index (χ3v) is 6.44. The minimum atomic E-state index is -0.151. The standard InChI is InChI=1S/C18H20N4O2S2/c1-24-8-9-25-18-22-21-17(26-18)20-16(23)11-6-7-15-13(10-11)12-4-2-3-5-14(12)19-15/h6-7,10,19H,2-5,8-9H2,1H3,(H,20,21,23). The number of hydrogen-bond donors (Lipinski definition) is 2. The molecule has 0 aliphatic heterocycles. The second kappa shape index (κ2) is 7.77. The van der Waals surface area contributed by atoms with Gasteiger partial charge in [0.05, 0.1) is 6.61 Å². The highest BCUT2D eigenvalue weighted by molar-refractivity contribution is 8.01. The van der Waals surface area contributed by atoms with Crippen molar-refractivity contribution in [1.29, 1.82) is 0 Å². The van der Waals surface area contributed by atoms with E-state index in [2.05, 4.69) is 20.5 Å². The Bertz CT molecular complexity index is 935. The number of H-pyrrole nitrogens is 1. The summed E-state index contributed by atoms with van der Waals surface area (Å²) in [4.78, 5) is 16.1. The highest BCUT2D eigenvalue weighted by atomic mass is 32.2. The van der Waals surface area contributed by atoms with Crippen LogP contribution in [0.2, 0.25) is 0 Å². The summed E-state index contributed by atoms with van der Waals surface area (Å²) in [5, 5.41) is 12.7. The second-order valence-corrected chi connectivity index (χ2v) is 8.54. The molecule has 0 saturated carbocycles. The summed E-state index contributed by atoms with van der Waals surface area (Å²) in [6.45, 7) is 0.660. The number of rotatable bonds is 6. The first-order valence-electron chi connectivity index (χ1n) is 8.64. The number of hydrogen-bond acceptors (Lipinski definition) is 6. The molecule has 3 aromatic rings. The summed E-state index contributed by atoms with van der Waals surface area (Å²) >= 11 is 2.95. The SMILES string of the molecule is COCCSc1nnc(NC(=O)c2ccc3[nH]c4c(c3c2)CCCC4)s1. The van der Waals surface area contributed by atoms with Gasteiger partial charge in [-0.3, -0.25) is 10.1 Å². The normalized spacial score (nSPS) is 13.7. The number of anilines is 1. The molecule has 6 nitrogen and oxygen atoms in total. The molecular formula is C18H20N4O2S2.